The second-order valence-electron chi connectivity index (χ2n) is 4.44. The van der Waals surface area contributed by atoms with Gasteiger partial charge in [-0.05, 0) is 6.42 Å². The molecule has 0 aliphatic carbocycles. The molecular weight excluding hydrogens is 246 g/mol. The highest BCUT2D eigenvalue weighted by Gasteiger charge is 2.34. The van der Waals surface area contributed by atoms with Crippen molar-refractivity contribution in [1.82, 2.24) is 14.7 Å². The smallest absolute Gasteiger partial charge is 0.346 e. The van der Waals surface area contributed by atoms with Crippen LogP contribution in [0.5, 0.6) is 0 Å². The van der Waals surface area contributed by atoms with Crippen molar-refractivity contribution in [2.75, 3.05) is 20.3 Å². The van der Waals surface area contributed by atoms with Gasteiger partial charge >= 0.3 is 6.03 Å². The Bertz CT molecular complexity index is 482. The fraction of sp³-hybridized carbons (Fsp3) is 0.583. The van der Waals surface area contributed by atoms with Crippen LogP contribution in [0.4, 0.5) is 4.79 Å². The van der Waals surface area contributed by atoms with Crippen molar-refractivity contribution >= 4 is 11.9 Å². The Hall–Kier alpha value is -1.89. The summed E-state index contributed by atoms with van der Waals surface area (Å²) in [7, 11) is 1.60. The first-order valence-corrected chi connectivity index (χ1v) is 6.33. The monoisotopic (exact) mass is 265 g/mol. The maximum atomic E-state index is 11.8. The molecule has 1 aromatic heterocycles. The largest absolute Gasteiger partial charge is 0.385 e. The number of nitrogens with two attached hydrogens (primary N) is 1. The number of nitrogens with zero attached hydrogens (tertiary/aromatic N) is 4. The predicted molar refractivity (Wildman–Crippen MR) is 70.9 cm³/mol. The second-order valence-corrected chi connectivity index (χ2v) is 4.44. The van der Waals surface area contributed by atoms with E-state index in [4.69, 9.17) is 10.5 Å². The first-order valence-electron chi connectivity index (χ1n) is 6.33. The molecule has 2 N–H and O–H groups in total. The molecule has 104 valence electrons. The van der Waals surface area contributed by atoms with Crippen LogP contribution in [0.3, 0.4) is 0 Å². The van der Waals surface area contributed by atoms with E-state index < -0.39 is 0 Å². The number of amides is 2. The van der Waals surface area contributed by atoms with Crippen LogP contribution >= 0.6 is 0 Å². The Labute approximate surface area is 112 Å². The lowest BCUT2D eigenvalue weighted by atomic mass is 10.1. The summed E-state index contributed by atoms with van der Waals surface area (Å²) in [6.45, 7) is 3.84. The summed E-state index contributed by atoms with van der Waals surface area (Å²) in [5.74, 6) is 0.317. The quantitative estimate of drug-likeness (QED) is 0.823. The molecule has 1 aromatic rings. The zero-order valence-corrected chi connectivity index (χ0v) is 11.2. The zero-order valence-electron chi connectivity index (χ0n) is 11.2. The number of carbonyl (C=O) groups excluding carboxylic acids is 1. The number of rotatable bonds is 6. The number of ether oxygens (including phenoxy) is 1. The summed E-state index contributed by atoms with van der Waals surface area (Å²) in [4.78, 5) is 17.2. The summed E-state index contributed by atoms with van der Waals surface area (Å²) >= 11 is 0. The first kappa shape index (κ1) is 13.5. The molecule has 1 aliphatic rings. The van der Waals surface area contributed by atoms with Gasteiger partial charge in [0.1, 0.15) is 11.9 Å². The maximum absolute atomic E-state index is 11.8. The van der Waals surface area contributed by atoms with Gasteiger partial charge in [-0.3, -0.25) is 4.68 Å². The van der Waals surface area contributed by atoms with Gasteiger partial charge in [0.05, 0.1) is 12.8 Å². The second kappa shape index (κ2) is 5.83. The number of amidine groups is 1. The van der Waals surface area contributed by atoms with Crippen molar-refractivity contribution in [2.24, 2.45) is 10.7 Å². The number of aliphatic imine (C=N–C) groups is 1. The minimum Gasteiger partial charge on any atom is -0.385 e. The van der Waals surface area contributed by atoms with Crippen LogP contribution in [-0.4, -0.2) is 46.8 Å². The maximum Gasteiger partial charge on any atom is 0.346 e. The molecular formula is C12H19N5O2. The fourth-order valence-corrected chi connectivity index (χ4v) is 2.14. The number of hydrogen-bond acceptors (Lipinski definition) is 4. The van der Waals surface area contributed by atoms with E-state index in [9.17, 15) is 4.79 Å². The van der Waals surface area contributed by atoms with Crippen molar-refractivity contribution in [2.45, 2.75) is 25.9 Å². The van der Waals surface area contributed by atoms with E-state index in [-0.39, 0.29) is 12.1 Å². The van der Waals surface area contributed by atoms with Gasteiger partial charge in [-0.2, -0.15) is 10.1 Å². The third-order valence-corrected chi connectivity index (χ3v) is 3.02. The van der Waals surface area contributed by atoms with E-state index >= 15 is 0 Å². The molecule has 0 saturated carbocycles. The predicted octanol–water partition coefficient (Wildman–Crippen LogP) is 0.773. The van der Waals surface area contributed by atoms with Crippen LogP contribution in [0.2, 0.25) is 0 Å². The van der Waals surface area contributed by atoms with Gasteiger partial charge in [0.2, 0.25) is 0 Å². The van der Waals surface area contributed by atoms with E-state index in [0.717, 1.165) is 18.5 Å². The van der Waals surface area contributed by atoms with Crippen LogP contribution in [0, 0.1) is 0 Å². The number of aromatic nitrogens is 2. The summed E-state index contributed by atoms with van der Waals surface area (Å²) in [6.07, 6.45) is 4.65. The topological polar surface area (TPSA) is 85.7 Å². The average molecular weight is 265 g/mol. The normalized spacial score (nSPS) is 19.1. The molecule has 0 spiro atoms. The van der Waals surface area contributed by atoms with E-state index in [1.165, 1.54) is 0 Å². The number of hydrogen-bond donors (Lipinski definition) is 1. The molecule has 0 aromatic carbocycles. The molecule has 0 bridgehead atoms. The Kier molecular flexibility index (Phi) is 4.16. The van der Waals surface area contributed by atoms with E-state index in [2.05, 4.69) is 17.0 Å². The average Bonchev–Trinajstić information content (AvgIpc) is 2.92. The molecule has 1 aliphatic heterocycles. The lowest BCUT2D eigenvalue weighted by Crippen LogP contribution is -2.35. The molecule has 2 heterocycles. The molecule has 0 fully saturated rings. The summed E-state index contributed by atoms with van der Waals surface area (Å²) in [5.41, 5.74) is 6.74. The van der Waals surface area contributed by atoms with Crippen LogP contribution < -0.4 is 5.73 Å². The molecule has 2 amide bonds. The zero-order chi connectivity index (χ0) is 13.8. The highest BCUT2D eigenvalue weighted by Crippen LogP contribution is 2.26. The van der Waals surface area contributed by atoms with Gasteiger partial charge in [0.25, 0.3) is 0 Å². The minimum absolute atomic E-state index is 0.317. The number of methoxy groups -OCH3 is 1. The van der Waals surface area contributed by atoms with Crippen LogP contribution in [0.15, 0.2) is 17.4 Å². The van der Waals surface area contributed by atoms with Gasteiger partial charge in [-0.15, -0.1) is 0 Å². The lowest BCUT2D eigenvalue weighted by Gasteiger charge is -2.22. The third kappa shape index (κ3) is 2.76. The van der Waals surface area contributed by atoms with Gasteiger partial charge in [-0.25, -0.2) is 4.79 Å². The van der Waals surface area contributed by atoms with Crippen LogP contribution in [0.1, 0.15) is 24.9 Å². The Morgan fingerprint density at radius 2 is 2.26 bits per heavy atom. The van der Waals surface area contributed by atoms with Crippen molar-refractivity contribution in [3.8, 4) is 0 Å². The third-order valence-electron chi connectivity index (χ3n) is 3.02. The van der Waals surface area contributed by atoms with Crippen molar-refractivity contribution < 1.29 is 9.53 Å². The lowest BCUT2D eigenvalue weighted by molar-refractivity contribution is 0.150. The van der Waals surface area contributed by atoms with Crippen molar-refractivity contribution in [3.05, 3.63) is 18.0 Å². The summed E-state index contributed by atoms with van der Waals surface area (Å²) in [5, 5.41) is 4.26. The number of urea groups is 1. The first-order chi connectivity index (χ1) is 9.17. The molecule has 1 unspecified atom stereocenters. The molecule has 1 atom stereocenters. The highest BCUT2D eigenvalue weighted by molar-refractivity contribution is 6.03. The van der Waals surface area contributed by atoms with Crippen molar-refractivity contribution in [1.29, 1.82) is 0 Å². The molecule has 7 nitrogen and oxygen atoms in total. The van der Waals surface area contributed by atoms with Gasteiger partial charge < -0.3 is 15.4 Å². The molecule has 0 radical (unpaired) electrons. The minimum atomic E-state index is -0.326. The molecule has 7 heteroatoms. The molecule has 19 heavy (non-hydrogen) atoms. The number of aryl methyl sites for hydroxylation is 1. The van der Waals surface area contributed by atoms with Crippen LogP contribution in [-0.2, 0) is 11.3 Å². The number of carbonyl (C=O) groups is 1. The Morgan fingerprint density at radius 3 is 2.95 bits per heavy atom. The van der Waals surface area contributed by atoms with E-state index in [0.29, 0.717) is 19.0 Å². The molecule has 0 saturated heterocycles. The Morgan fingerprint density at radius 1 is 1.47 bits per heavy atom. The summed E-state index contributed by atoms with van der Waals surface area (Å²) in [6, 6.07) is -0.643. The summed E-state index contributed by atoms with van der Waals surface area (Å²) < 4.78 is 6.86. The highest BCUT2D eigenvalue weighted by atomic mass is 16.5. The van der Waals surface area contributed by atoms with Gasteiger partial charge in [-0.1, -0.05) is 6.92 Å². The van der Waals surface area contributed by atoms with Crippen LogP contribution in [0.25, 0.3) is 0 Å². The van der Waals surface area contributed by atoms with E-state index in [1.54, 1.807) is 18.2 Å². The molecule has 2 rings (SSSR count). The SMILES string of the molecule is CCCn1cc(C2C(N)=NC(=O)N2CCOC)cn1. The Balaban J connectivity index is 2.18. The van der Waals surface area contributed by atoms with E-state index in [1.807, 2.05) is 10.9 Å². The fourth-order valence-electron chi connectivity index (χ4n) is 2.14. The van der Waals surface area contributed by atoms with Gasteiger partial charge in [0.15, 0.2) is 0 Å². The van der Waals surface area contributed by atoms with Gasteiger partial charge in [0, 0.05) is 32.0 Å². The van der Waals surface area contributed by atoms with Crippen molar-refractivity contribution in [3.63, 3.8) is 0 Å². The standard InChI is InChI=1S/C12H19N5O2/c1-3-4-16-8-9(7-14-16)10-11(13)15-12(18)17(10)5-6-19-2/h7-8,10H,3-6H2,1-2H3,(H2,13,15,18).